The zero-order valence-corrected chi connectivity index (χ0v) is 14.6. The number of aromatic nitrogens is 2. The number of benzene rings is 1. The molecule has 0 radical (unpaired) electrons. The number of hydrogen-bond donors (Lipinski definition) is 2. The molecule has 2 N–H and O–H groups in total. The summed E-state index contributed by atoms with van der Waals surface area (Å²) >= 11 is 0. The average Bonchev–Trinajstić information content (AvgIpc) is 3.40. The number of carbonyl (C=O) groups is 2. The minimum absolute atomic E-state index is 0.209. The summed E-state index contributed by atoms with van der Waals surface area (Å²) in [6.07, 6.45) is 4.25. The topological polar surface area (TPSA) is 75.5 Å². The Hall–Kier alpha value is -3.22. The molecule has 0 aliphatic heterocycles. The Kier molecular flexibility index (Phi) is 4.58. The minimum atomic E-state index is -0.341. The third-order valence-electron chi connectivity index (χ3n) is 4.49. The molecule has 1 aliphatic rings. The molecule has 1 fully saturated rings. The lowest BCUT2D eigenvalue weighted by Crippen LogP contribution is -2.28. The first-order valence-corrected chi connectivity index (χ1v) is 8.92. The predicted octanol–water partition coefficient (Wildman–Crippen LogP) is 2.34. The van der Waals surface area contributed by atoms with Crippen LogP contribution in [0.25, 0.3) is 5.52 Å². The molecule has 2 heterocycles. The largest absolute Gasteiger partial charge is 0.350 e. The summed E-state index contributed by atoms with van der Waals surface area (Å²) in [6.45, 7) is 0.389. The highest BCUT2D eigenvalue weighted by atomic mass is 19.1. The molecule has 2 aromatic heterocycles. The van der Waals surface area contributed by atoms with E-state index in [0.717, 1.165) is 18.4 Å². The van der Waals surface area contributed by atoms with E-state index in [1.165, 1.54) is 12.1 Å². The van der Waals surface area contributed by atoms with E-state index in [9.17, 15) is 14.0 Å². The van der Waals surface area contributed by atoms with Gasteiger partial charge in [0.25, 0.3) is 11.8 Å². The van der Waals surface area contributed by atoms with Crippen molar-refractivity contribution in [3.63, 3.8) is 0 Å². The Morgan fingerprint density at radius 2 is 1.89 bits per heavy atom. The molecule has 2 amide bonds. The van der Waals surface area contributed by atoms with Crippen molar-refractivity contribution < 1.29 is 14.0 Å². The molecule has 4 rings (SSSR count). The van der Waals surface area contributed by atoms with Gasteiger partial charge in [-0.2, -0.15) is 0 Å². The van der Waals surface area contributed by atoms with Crippen LogP contribution in [-0.2, 0) is 6.42 Å². The van der Waals surface area contributed by atoms with Crippen LogP contribution in [0.5, 0.6) is 0 Å². The maximum Gasteiger partial charge on any atom is 0.287 e. The summed E-state index contributed by atoms with van der Waals surface area (Å²) in [5.74, 6) is -0.694. The van der Waals surface area contributed by atoms with Crippen LogP contribution in [0.2, 0.25) is 0 Å². The lowest BCUT2D eigenvalue weighted by atomic mass is 10.1. The van der Waals surface area contributed by atoms with Crippen molar-refractivity contribution in [2.24, 2.45) is 0 Å². The lowest BCUT2D eigenvalue weighted by molar-refractivity contribution is 0.0940. The second-order valence-corrected chi connectivity index (χ2v) is 6.62. The van der Waals surface area contributed by atoms with Crippen molar-refractivity contribution in [1.82, 2.24) is 20.0 Å². The molecule has 6 nitrogen and oxygen atoms in total. The molecule has 0 atom stereocenters. The molecule has 0 bridgehead atoms. The Bertz CT molecular complexity index is 993. The number of rotatable bonds is 6. The number of fused-ring (bicyclic) bond motifs is 1. The van der Waals surface area contributed by atoms with Gasteiger partial charge in [0, 0.05) is 18.8 Å². The van der Waals surface area contributed by atoms with Gasteiger partial charge in [-0.05, 0) is 49.1 Å². The Labute approximate surface area is 155 Å². The van der Waals surface area contributed by atoms with Crippen LogP contribution >= 0.6 is 0 Å². The number of imidazole rings is 1. The van der Waals surface area contributed by atoms with E-state index < -0.39 is 0 Å². The zero-order valence-electron chi connectivity index (χ0n) is 14.6. The van der Waals surface area contributed by atoms with Crippen LogP contribution in [0.4, 0.5) is 4.39 Å². The summed E-state index contributed by atoms with van der Waals surface area (Å²) in [7, 11) is 0. The van der Waals surface area contributed by atoms with Crippen molar-refractivity contribution in [3.05, 3.63) is 71.6 Å². The Balaban J connectivity index is 1.49. The quantitative estimate of drug-likeness (QED) is 0.703. The second-order valence-electron chi connectivity index (χ2n) is 6.62. The summed E-state index contributed by atoms with van der Waals surface area (Å²) in [5.41, 5.74) is 1.73. The second kappa shape index (κ2) is 7.19. The monoisotopic (exact) mass is 366 g/mol. The fourth-order valence-corrected chi connectivity index (χ4v) is 2.90. The van der Waals surface area contributed by atoms with Gasteiger partial charge >= 0.3 is 0 Å². The minimum Gasteiger partial charge on any atom is -0.350 e. The van der Waals surface area contributed by atoms with Crippen LogP contribution < -0.4 is 10.6 Å². The molecule has 0 saturated heterocycles. The molecule has 138 valence electrons. The average molecular weight is 366 g/mol. The van der Waals surface area contributed by atoms with Gasteiger partial charge in [-0.15, -0.1) is 0 Å². The molecular formula is C20H19FN4O2. The van der Waals surface area contributed by atoms with E-state index >= 15 is 0 Å². The van der Waals surface area contributed by atoms with Crippen molar-refractivity contribution in [1.29, 1.82) is 0 Å². The fraction of sp³-hybridized carbons (Fsp3) is 0.250. The van der Waals surface area contributed by atoms with Crippen molar-refractivity contribution in [2.75, 3.05) is 6.54 Å². The van der Waals surface area contributed by atoms with Crippen molar-refractivity contribution in [3.8, 4) is 0 Å². The molecule has 1 saturated carbocycles. The molecule has 0 spiro atoms. The summed E-state index contributed by atoms with van der Waals surface area (Å²) in [6, 6.07) is 11.7. The van der Waals surface area contributed by atoms with Gasteiger partial charge in [0.2, 0.25) is 5.82 Å². The molecule has 1 aliphatic carbocycles. The fourth-order valence-electron chi connectivity index (χ4n) is 2.90. The van der Waals surface area contributed by atoms with Crippen LogP contribution in [0.3, 0.4) is 0 Å². The van der Waals surface area contributed by atoms with Crippen molar-refractivity contribution >= 4 is 17.3 Å². The van der Waals surface area contributed by atoms with E-state index in [1.54, 1.807) is 40.9 Å². The highest BCUT2D eigenvalue weighted by Gasteiger charge is 2.27. The maximum atomic E-state index is 12.9. The number of nitrogens with zero attached hydrogens (tertiary/aromatic N) is 2. The number of carbonyl (C=O) groups excluding carboxylic acids is 2. The van der Waals surface area contributed by atoms with Gasteiger partial charge < -0.3 is 10.6 Å². The summed E-state index contributed by atoms with van der Waals surface area (Å²) in [5, 5.41) is 5.72. The first-order chi connectivity index (χ1) is 13.1. The first kappa shape index (κ1) is 17.2. The van der Waals surface area contributed by atoms with Gasteiger partial charge in [0.15, 0.2) is 5.69 Å². The highest BCUT2D eigenvalue weighted by Crippen LogP contribution is 2.20. The van der Waals surface area contributed by atoms with E-state index in [0.29, 0.717) is 18.5 Å². The standard InChI is InChI=1S/C20H19FN4O2/c21-14-6-4-13(5-7-14)10-11-22-19(26)17-16-3-1-2-12-25(16)18(24-17)20(27)23-15-8-9-15/h1-7,12,15H,8-11H2,(H,22,26)(H,23,27). The number of pyridine rings is 1. The Morgan fingerprint density at radius 1 is 1.11 bits per heavy atom. The summed E-state index contributed by atoms with van der Waals surface area (Å²) in [4.78, 5) is 29.3. The molecule has 0 unspecified atom stereocenters. The maximum absolute atomic E-state index is 12.9. The Morgan fingerprint density at radius 3 is 2.63 bits per heavy atom. The van der Waals surface area contributed by atoms with Gasteiger partial charge in [-0.25, -0.2) is 9.37 Å². The molecule has 1 aromatic carbocycles. The van der Waals surface area contributed by atoms with Crippen LogP contribution in [0.15, 0.2) is 48.7 Å². The molecule has 3 aromatic rings. The number of hydrogen-bond acceptors (Lipinski definition) is 3. The predicted molar refractivity (Wildman–Crippen MR) is 98.1 cm³/mol. The summed E-state index contributed by atoms with van der Waals surface area (Å²) < 4.78 is 14.6. The molecule has 27 heavy (non-hydrogen) atoms. The van der Waals surface area contributed by atoms with Crippen molar-refractivity contribution in [2.45, 2.75) is 25.3 Å². The van der Waals surface area contributed by atoms with Crippen LogP contribution in [-0.4, -0.2) is 33.8 Å². The van der Waals surface area contributed by atoms with Gasteiger partial charge in [0.1, 0.15) is 5.82 Å². The molecule has 7 heteroatoms. The molecular weight excluding hydrogens is 347 g/mol. The smallest absolute Gasteiger partial charge is 0.287 e. The van der Waals surface area contributed by atoms with Crippen LogP contribution in [0, 0.1) is 5.82 Å². The van der Waals surface area contributed by atoms with E-state index in [-0.39, 0.29) is 35.2 Å². The first-order valence-electron chi connectivity index (χ1n) is 8.92. The normalized spacial score (nSPS) is 13.5. The number of nitrogens with one attached hydrogen (secondary N) is 2. The van der Waals surface area contributed by atoms with Gasteiger partial charge in [-0.1, -0.05) is 18.2 Å². The van der Waals surface area contributed by atoms with E-state index in [4.69, 9.17) is 0 Å². The number of halogens is 1. The highest BCUT2D eigenvalue weighted by molar-refractivity contribution is 6.02. The van der Waals surface area contributed by atoms with Gasteiger partial charge in [0.05, 0.1) is 5.52 Å². The third-order valence-corrected chi connectivity index (χ3v) is 4.49. The zero-order chi connectivity index (χ0) is 18.8. The van der Waals surface area contributed by atoms with E-state index in [1.807, 2.05) is 0 Å². The van der Waals surface area contributed by atoms with Gasteiger partial charge in [-0.3, -0.25) is 14.0 Å². The lowest BCUT2D eigenvalue weighted by Gasteiger charge is -2.04. The third kappa shape index (κ3) is 3.81. The number of amides is 2. The SMILES string of the molecule is O=C(NCCc1ccc(F)cc1)c1nc(C(=O)NC2CC2)n2ccccc12. The van der Waals surface area contributed by atoms with E-state index in [2.05, 4.69) is 15.6 Å². The van der Waals surface area contributed by atoms with Crippen LogP contribution in [0.1, 0.15) is 39.5 Å².